The van der Waals surface area contributed by atoms with E-state index in [0.717, 1.165) is 31.8 Å². The molecule has 1 radical (unpaired) electrons. The van der Waals surface area contributed by atoms with Crippen LogP contribution in [0.25, 0.3) is 32.7 Å². The second-order valence-electron chi connectivity index (χ2n) is 5.58. The molecule has 0 heterocycles. The number of hydrogen-bond donors (Lipinski definition) is 0. The third-order valence-corrected chi connectivity index (χ3v) is 4.56. The molecular formula is C20H11BrNO2. The van der Waals surface area contributed by atoms with Crippen LogP contribution in [0.1, 0.15) is 0 Å². The maximum absolute atomic E-state index is 11.4. The van der Waals surface area contributed by atoms with Gasteiger partial charge in [-0.15, -0.1) is 0 Å². The molecule has 24 heavy (non-hydrogen) atoms. The van der Waals surface area contributed by atoms with Crippen LogP contribution in [0.15, 0.2) is 71.2 Å². The minimum Gasteiger partial charge on any atom is -0.258 e. The average molecular weight is 377 g/mol. The molecule has 0 bridgehead atoms. The molecule has 4 heteroatoms. The summed E-state index contributed by atoms with van der Waals surface area (Å²) in [6.45, 7) is 0. The van der Waals surface area contributed by atoms with Crippen LogP contribution in [0.3, 0.4) is 0 Å². The van der Waals surface area contributed by atoms with Crippen molar-refractivity contribution in [3.8, 4) is 11.1 Å². The van der Waals surface area contributed by atoms with E-state index < -0.39 is 0 Å². The standard InChI is InChI=1S/C20H11BrNO2/c21-18-8-7-13-9-14(5-6-15(13)11-18)17-10-16-3-1-2-4-19(16)20(12-17)22(23)24/h1-9,11-12H. The zero-order valence-corrected chi connectivity index (χ0v) is 14.1. The molecule has 0 N–H and O–H groups in total. The number of nitrogens with zero attached hydrogens (tertiary/aromatic N) is 1. The summed E-state index contributed by atoms with van der Waals surface area (Å²) in [6.07, 6.45) is 0. The van der Waals surface area contributed by atoms with Crippen LogP contribution in [0.5, 0.6) is 0 Å². The third-order valence-electron chi connectivity index (χ3n) is 4.06. The first-order chi connectivity index (χ1) is 11.6. The van der Waals surface area contributed by atoms with Crippen molar-refractivity contribution in [2.75, 3.05) is 0 Å². The molecule has 0 fully saturated rings. The molecule has 4 rings (SSSR count). The molecule has 0 aliphatic carbocycles. The molecule has 4 aromatic carbocycles. The second-order valence-corrected chi connectivity index (χ2v) is 6.49. The van der Waals surface area contributed by atoms with Crippen LogP contribution < -0.4 is 0 Å². The normalized spacial score (nSPS) is 11.0. The molecule has 3 nitrogen and oxygen atoms in total. The monoisotopic (exact) mass is 376 g/mol. The lowest BCUT2D eigenvalue weighted by atomic mass is 9.97. The SMILES string of the molecule is O=[N+]([O-])c1cc(-c2ccc3cc(Br)ccc3c2)[c]c2ccccc12. The van der Waals surface area contributed by atoms with Gasteiger partial charge in [-0.25, -0.2) is 0 Å². The van der Waals surface area contributed by atoms with Gasteiger partial charge in [-0.2, -0.15) is 0 Å². The van der Waals surface area contributed by atoms with E-state index in [4.69, 9.17) is 0 Å². The van der Waals surface area contributed by atoms with E-state index >= 15 is 0 Å². The number of rotatable bonds is 2. The van der Waals surface area contributed by atoms with E-state index in [2.05, 4.69) is 22.0 Å². The van der Waals surface area contributed by atoms with Crippen LogP contribution >= 0.6 is 15.9 Å². The fourth-order valence-electron chi connectivity index (χ4n) is 2.90. The topological polar surface area (TPSA) is 43.1 Å². The predicted octanol–water partition coefficient (Wildman–Crippen LogP) is 6.13. The van der Waals surface area contributed by atoms with Crippen molar-refractivity contribution < 1.29 is 4.92 Å². The molecule has 0 saturated heterocycles. The van der Waals surface area contributed by atoms with Crippen molar-refractivity contribution in [2.45, 2.75) is 0 Å². The quantitative estimate of drug-likeness (QED) is 0.312. The Balaban J connectivity index is 1.96. The van der Waals surface area contributed by atoms with Crippen molar-refractivity contribution >= 4 is 43.2 Å². The smallest absolute Gasteiger partial charge is 0.258 e. The fraction of sp³-hybridized carbons (Fsp3) is 0. The summed E-state index contributed by atoms with van der Waals surface area (Å²) in [6, 6.07) is 24.3. The van der Waals surface area contributed by atoms with Gasteiger partial charge in [0.25, 0.3) is 5.69 Å². The van der Waals surface area contributed by atoms with Crippen molar-refractivity contribution in [1.82, 2.24) is 0 Å². The summed E-state index contributed by atoms with van der Waals surface area (Å²) in [5.41, 5.74) is 1.75. The van der Waals surface area contributed by atoms with Gasteiger partial charge in [0.2, 0.25) is 0 Å². The Morgan fingerprint density at radius 1 is 0.917 bits per heavy atom. The van der Waals surface area contributed by atoms with E-state index in [1.54, 1.807) is 18.2 Å². The average Bonchev–Trinajstić information content (AvgIpc) is 2.60. The maximum atomic E-state index is 11.4. The van der Waals surface area contributed by atoms with Crippen molar-refractivity contribution in [2.24, 2.45) is 0 Å². The molecule has 115 valence electrons. The summed E-state index contributed by atoms with van der Waals surface area (Å²) in [7, 11) is 0. The lowest BCUT2D eigenvalue weighted by Gasteiger charge is -2.07. The van der Waals surface area contributed by atoms with Gasteiger partial charge < -0.3 is 0 Å². The largest absolute Gasteiger partial charge is 0.277 e. The Morgan fingerprint density at radius 2 is 1.67 bits per heavy atom. The Kier molecular flexibility index (Phi) is 3.54. The van der Waals surface area contributed by atoms with Crippen LogP contribution in [-0.2, 0) is 0 Å². The van der Waals surface area contributed by atoms with Gasteiger partial charge >= 0.3 is 0 Å². The molecule has 0 aliphatic heterocycles. The van der Waals surface area contributed by atoms with Crippen molar-refractivity contribution in [1.29, 1.82) is 0 Å². The number of benzene rings is 4. The lowest BCUT2D eigenvalue weighted by molar-refractivity contribution is -0.383. The van der Waals surface area contributed by atoms with Gasteiger partial charge in [0.1, 0.15) is 0 Å². The molecule has 0 aromatic heterocycles. The number of nitro groups is 1. The molecule has 0 unspecified atom stereocenters. The summed E-state index contributed by atoms with van der Waals surface area (Å²) in [5, 5.41) is 15.0. The minimum atomic E-state index is -0.335. The summed E-state index contributed by atoms with van der Waals surface area (Å²) >= 11 is 3.47. The second kappa shape index (κ2) is 5.73. The predicted molar refractivity (Wildman–Crippen MR) is 100 cm³/mol. The van der Waals surface area contributed by atoms with Crippen molar-refractivity contribution in [3.63, 3.8) is 0 Å². The highest BCUT2D eigenvalue weighted by Gasteiger charge is 2.14. The molecule has 0 amide bonds. The highest BCUT2D eigenvalue weighted by Crippen LogP contribution is 2.33. The van der Waals surface area contributed by atoms with E-state index in [1.807, 2.05) is 48.5 Å². The van der Waals surface area contributed by atoms with Gasteiger partial charge in [0, 0.05) is 10.5 Å². The third kappa shape index (κ3) is 2.55. The van der Waals surface area contributed by atoms with E-state index in [-0.39, 0.29) is 10.6 Å². The van der Waals surface area contributed by atoms with E-state index in [1.165, 1.54) is 0 Å². The summed E-state index contributed by atoms with van der Waals surface area (Å²) in [4.78, 5) is 11.1. The number of non-ortho nitro benzene ring substituents is 1. The first-order valence-electron chi connectivity index (χ1n) is 7.41. The van der Waals surface area contributed by atoms with Gasteiger partial charge in [0.15, 0.2) is 0 Å². The molecule has 0 saturated carbocycles. The Bertz CT molecular complexity index is 1110. The lowest BCUT2D eigenvalue weighted by Crippen LogP contribution is -1.91. The maximum Gasteiger partial charge on any atom is 0.277 e. The van der Waals surface area contributed by atoms with Gasteiger partial charge in [0.05, 0.1) is 10.3 Å². The molecule has 0 aliphatic rings. The molecule has 4 aromatic rings. The molecular weight excluding hydrogens is 366 g/mol. The Labute approximate surface area is 146 Å². The zero-order chi connectivity index (χ0) is 16.7. The molecule has 0 spiro atoms. The highest BCUT2D eigenvalue weighted by molar-refractivity contribution is 9.10. The Morgan fingerprint density at radius 3 is 2.50 bits per heavy atom. The van der Waals surface area contributed by atoms with Crippen LogP contribution in [0.4, 0.5) is 5.69 Å². The van der Waals surface area contributed by atoms with E-state index in [9.17, 15) is 10.1 Å². The molecule has 0 atom stereocenters. The number of hydrogen-bond acceptors (Lipinski definition) is 2. The number of nitro benzene ring substituents is 1. The van der Waals surface area contributed by atoms with Gasteiger partial charge in [-0.1, -0.05) is 52.3 Å². The first kappa shape index (κ1) is 14.8. The number of halogens is 1. The van der Waals surface area contributed by atoms with Crippen molar-refractivity contribution in [3.05, 3.63) is 87.4 Å². The zero-order valence-electron chi connectivity index (χ0n) is 12.5. The van der Waals surface area contributed by atoms with E-state index in [0.29, 0.717) is 5.39 Å². The summed E-state index contributed by atoms with van der Waals surface area (Å²) in [5.74, 6) is 0. The fourth-order valence-corrected chi connectivity index (χ4v) is 3.28. The van der Waals surface area contributed by atoms with Crippen LogP contribution in [-0.4, -0.2) is 4.92 Å². The number of fused-ring (bicyclic) bond motifs is 2. The Hall–Kier alpha value is -2.72. The van der Waals surface area contributed by atoms with Crippen LogP contribution in [0, 0.1) is 16.2 Å². The minimum absolute atomic E-state index is 0.107. The first-order valence-corrected chi connectivity index (χ1v) is 8.20. The highest BCUT2D eigenvalue weighted by atomic mass is 79.9. The van der Waals surface area contributed by atoms with Gasteiger partial charge in [-0.3, -0.25) is 10.1 Å². The van der Waals surface area contributed by atoms with Gasteiger partial charge in [-0.05, 0) is 57.6 Å². The van der Waals surface area contributed by atoms with Crippen LogP contribution in [0.2, 0.25) is 0 Å². The summed E-state index contributed by atoms with van der Waals surface area (Å²) < 4.78 is 1.02.